The van der Waals surface area contributed by atoms with Crippen molar-refractivity contribution < 1.29 is 10.2 Å². The lowest BCUT2D eigenvalue weighted by Gasteiger charge is -2.27. The molecule has 184 valence electrons. The fourth-order valence-electron chi connectivity index (χ4n) is 4.29. The third-order valence-electron chi connectivity index (χ3n) is 6.68. The van der Waals surface area contributed by atoms with Crippen LogP contribution in [0.2, 0.25) is 0 Å². The van der Waals surface area contributed by atoms with Crippen LogP contribution in [0.3, 0.4) is 0 Å². The molecule has 0 bridgehead atoms. The Labute approximate surface area is 202 Å². The van der Waals surface area contributed by atoms with Gasteiger partial charge in [0.25, 0.3) is 0 Å². The maximum Gasteiger partial charge on any atom is 0.0482 e. The summed E-state index contributed by atoms with van der Waals surface area (Å²) in [5.74, 6) is 0.466. The van der Waals surface area contributed by atoms with Crippen molar-refractivity contribution in [3.05, 3.63) is 12.2 Å². The van der Waals surface area contributed by atoms with Crippen LogP contribution in [0.5, 0.6) is 0 Å². The Hall–Kier alpha value is 0.360. The minimum atomic E-state index is 0.0816. The third-order valence-corrected chi connectivity index (χ3v) is 9.82. The zero-order valence-electron chi connectivity index (χ0n) is 21.2. The van der Waals surface area contributed by atoms with Gasteiger partial charge in [0.1, 0.15) is 0 Å². The third kappa shape index (κ3) is 14.3. The van der Waals surface area contributed by atoms with E-state index in [1.54, 1.807) is 0 Å². The van der Waals surface area contributed by atoms with E-state index in [0.29, 0.717) is 29.6 Å². The highest BCUT2D eigenvalue weighted by molar-refractivity contribution is 8.01. The average molecular weight is 473 g/mol. The van der Waals surface area contributed by atoms with Crippen molar-refractivity contribution in [3.63, 3.8) is 0 Å². The van der Waals surface area contributed by atoms with Crippen LogP contribution in [-0.4, -0.2) is 44.4 Å². The Kier molecular flexibility index (Phi) is 16.0. The monoisotopic (exact) mass is 472 g/mol. The van der Waals surface area contributed by atoms with Gasteiger partial charge in [0.15, 0.2) is 0 Å². The summed E-state index contributed by atoms with van der Waals surface area (Å²) in [5.41, 5.74) is 0.0816. The van der Waals surface area contributed by atoms with Crippen molar-refractivity contribution in [2.75, 3.05) is 13.2 Å². The van der Waals surface area contributed by atoms with Crippen LogP contribution in [0.4, 0.5) is 0 Å². The summed E-state index contributed by atoms with van der Waals surface area (Å²) in [7, 11) is 0. The van der Waals surface area contributed by atoms with E-state index in [1.165, 1.54) is 70.6 Å². The molecule has 0 aliphatic carbocycles. The number of unbranched alkanes of at least 4 members (excludes halogenated alkanes) is 2. The van der Waals surface area contributed by atoms with E-state index >= 15 is 0 Å². The molecule has 2 N–H and O–H groups in total. The maximum atomic E-state index is 9.41. The van der Waals surface area contributed by atoms with Gasteiger partial charge in [0, 0.05) is 34.2 Å². The highest BCUT2D eigenvalue weighted by atomic mass is 32.2. The van der Waals surface area contributed by atoms with Gasteiger partial charge in [-0.05, 0) is 63.2 Å². The predicted octanol–water partition coefficient (Wildman–Crippen LogP) is 7.86. The fraction of sp³-hybridized carbons (Fsp3) is 0.926. The summed E-state index contributed by atoms with van der Waals surface area (Å²) in [6.45, 7) is 11.8. The lowest BCUT2D eigenvalue weighted by Crippen LogP contribution is -2.17. The summed E-state index contributed by atoms with van der Waals surface area (Å²) in [5, 5.41) is 21.5. The first-order valence-electron chi connectivity index (χ1n) is 13.0. The number of thioether (sulfide) groups is 2. The largest absolute Gasteiger partial charge is 0.396 e. The Morgan fingerprint density at radius 1 is 1.06 bits per heavy atom. The molecule has 5 atom stereocenters. The fourth-order valence-corrected chi connectivity index (χ4v) is 7.16. The molecule has 0 aromatic heterocycles. The number of hydrogen-bond donors (Lipinski definition) is 2. The molecule has 1 aliphatic rings. The van der Waals surface area contributed by atoms with Crippen molar-refractivity contribution >= 4 is 23.5 Å². The molecule has 0 radical (unpaired) electrons. The van der Waals surface area contributed by atoms with E-state index in [0.717, 1.165) is 16.9 Å². The Morgan fingerprint density at radius 3 is 2.48 bits per heavy atom. The summed E-state index contributed by atoms with van der Waals surface area (Å²) >= 11 is 4.37. The quantitative estimate of drug-likeness (QED) is 0.167. The standard InChI is InChI=1S/C27H52O2S2/c1-6-24(13-9-10-19-27(4,5)21-29)30-23(3)17-18-26-16-11-15-25(31-26)14-8-7-12-22(2)20-28/h17-18,22-26,28-29H,6-16,19-21H2,1-5H3/b18-17-. The number of hydrogen-bond acceptors (Lipinski definition) is 4. The molecule has 2 nitrogen and oxygen atoms in total. The summed E-state index contributed by atoms with van der Waals surface area (Å²) in [6, 6.07) is 0. The van der Waals surface area contributed by atoms with Crippen LogP contribution < -0.4 is 0 Å². The zero-order valence-corrected chi connectivity index (χ0v) is 22.8. The van der Waals surface area contributed by atoms with Crippen molar-refractivity contribution in [3.8, 4) is 0 Å². The molecule has 1 rings (SSSR count). The molecule has 0 aromatic carbocycles. The van der Waals surface area contributed by atoms with Gasteiger partial charge in [-0.2, -0.15) is 23.5 Å². The minimum absolute atomic E-state index is 0.0816. The molecule has 5 unspecified atom stereocenters. The molecule has 1 saturated heterocycles. The first-order valence-corrected chi connectivity index (χ1v) is 14.9. The SMILES string of the molecule is CCC(CCCCC(C)(C)CO)SC(C)/C=C\C1CCCC(CCCCC(C)CO)S1. The van der Waals surface area contributed by atoms with Crippen LogP contribution in [0, 0.1) is 11.3 Å². The summed E-state index contributed by atoms with van der Waals surface area (Å²) < 4.78 is 0. The van der Waals surface area contributed by atoms with E-state index in [9.17, 15) is 5.11 Å². The van der Waals surface area contributed by atoms with Crippen molar-refractivity contribution in [1.29, 1.82) is 0 Å². The first kappa shape index (κ1) is 29.4. The second-order valence-corrected chi connectivity index (χ2v) is 13.9. The van der Waals surface area contributed by atoms with Gasteiger partial charge in [-0.15, -0.1) is 0 Å². The van der Waals surface area contributed by atoms with Crippen molar-refractivity contribution in [2.45, 2.75) is 133 Å². The van der Waals surface area contributed by atoms with Gasteiger partial charge in [-0.3, -0.25) is 0 Å². The number of aliphatic hydroxyl groups is 2. The first-order chi connectivity index (χ1) is 14.8. The van der Waals surface area contributed by atoms with Gasteiger partial charge in [0.2, 0.25) is 0 Å². The second kappa shape index (κ2) is 16.9. The van der Waals surface area contributed by atoms with Crippen LogP contribution in [0.1, 0.15) is 112 Å². The van der Waals surface area contributed by atoms with Gasteiger partial charge in [0.05, 0.1) is 0 Å². The lowest BCUT2D eigenvalue weighted by atomic mass is 9.88. The normalized spacial score (nSPS) is 23.2. The minimum Gasteiger partial charge on any atom is -0.396 e. The summed E-state index contributed by atoms with van der Waals surface area (Å²) in [6.07, 6.45) is 20.4. The molecule has 31 heavy (non-hydrogen) atoms. The molecule has 0 aromatic rings. The Morgan fingerprint density at radius 2 is 1.81 bits per heavy atom. The van der Waals surface area contributed by atoms with Crippen LogP contribution in [0.25, 0.3) is 0 Å². The molecule has 1 heterocycles. The van der Waals surface area contributed by atoms with E-state index in [2.05, 4.69) is 70.3 Å². The number of aliphatic hydroxyl groups excluding tert-OH is 2. The van der Waals surface area contributed by atoms with E-state index < -0.39 is 0 Å². The van der Waals surface area contributed by atoms with Crippen LogP contribution >= 0.6 is 23.5 Å². The molecule has 0 spiro atoms. The molecule has 1 aliphatic heterocycles. The highest BCUT2D eigenvalue weighted by Crippen LogP contribution is 2.36. The van der Waals surface area contributed by atoms with Gasteiger partial charge < -0.3 is 10.2 Å². The second-order valence-electron chi connectivity index (χ2n) is 10.6. The maximum absolute atomic E-state index is 9.41. The Balaban J connectivity index is 2.27. The molecule has 1 fully saturated rings. The number of rotatable bonds is 17. The van der Waals surface area contributed by atoms with Gasteiger partial charge in [-0.1, -0.05) is 72.0 Å². The van der Waals surface area contributed by atoms with E-state index in [4.69, 9.17) is 5.11 Å². The van der Waals surface area contributed by atoms with Crippen molar-refractivity contribution in [1.82, 2.24) is 0 Å². The van der Waals surface area contributed by atoms with E-state index in [-0.39, 0.29) is 5.41 Å². The Bertz CT molecular complexity index is 466. The summed E-state index contributed by atoms with van der Waals surface area (Å²) in [4.78, 5) is 0. The topological polar surface area (TPSA) is 40.5 Å². The highest BCUT2D eigenvalue weighted by Gasteiger charge is 2.21. The van der Waals surface area contributed by atoms with Gasteiger partial charge >= 0.3 is 0 Å². The average Bonchev–Trinajstić information content (AvgIpc) is 2.77. The van der Waals surface area contributed by atoms with Gasteiger partial charge in [-0.25, -0.2) is 0 Å². The predicted molar refractivity (Wildman–Crippen MR) is 143 cm³/mol. The molecule has 0 saturated carbocycles. The zero-order chi connectivity index (χ0) is 23.1. The van der Waals surface area contributed by atoms with E-state index in [1.807, 2.05) is 0 Å². The smallest absolute Gasteiger partial charge is 0.0482 e. The van der Waals surface area contributed by atoms with Crippen LogP contribution in [-0.2, 0) is 0 Å². The lowest BCUT2D eigenvalue weighted by molar-refractivity contribution is 0.147. The molecule has 0 amide bonds. The molecular weight excluding hydrogens is 420 g/mol. The molecular formula is C27H52O2S2. The molecule has 4 heteroatoms. The van der Waals surface area contributed by atoms with Crippen LogP contribution in [0.15, 0.2) is 12.2 Å². The van der Waals surface area contributed by atoms with Crippen molar-refractivity contribution in [2.24, 2.45) is 11.3 Å².